The summed E-state index contributed by atoms with van der Waals surface area (Å²) in [5, 5.41) is 14.5. The number of rotatable bonds is 6. The molecule has 0 unspecified atom stereocenters. The molecule has 4 aliphatic heterocycles. The summed E-state index contributed by atoms with van der Waals surface area (Å²) < 4.78 is 92.4. The maximum absolute atomic E-state index is 16.9. The first kappa shape index (κ1) is 32.3. The Morgan fingerprint density at radius 1 is 1.16 bits per heavy atom. The lowest BCUT2D eigenvalue weighted by molar-refractivity contribution is 0.108. The molecule has 4 fully saturated rings. The van der Waals surface area contributed by atoms with E-state index in [1.807, 2.05) is 4.90 Å². The Labute approximate surface area is 282 Å². The summed E-state index contributed by atoms with van der Waals surface area (Å²) in [6, 6.07) is 4.78. The number of nitrogens with one attached hydrogen (secondary N) is 1. The first-order valence-corrected chi connectivity index (χ1v) is 16.2. The molecule has 2 aromatic carbocycles. The van der Waals surface area contributed by atoms with E-state index in [4.69, 9.17) is 11.2 Å². The van der Waals surface area contributed by atoms with E-state index in [9.17, 15) is 27.1 Å². The maximum Gasteiger partial charge on any atom is 0.319 e. The number of anilines is 1. The third-order valence-electron chi connectivity index (χ3n) is 10.5. The van der Waals surface area contributed by atoms with Gasteiger partial charge in [-0.15, -0.1) is 6.42 Å². The molecule has 8 rings (SSSR count). The third-order valence-corrected chi connectivity index (χ3v) is 10.5. The van der Waals surface area contributed by atoms with Crippen LogP contribution in [0.3, 0.4) is 0 Å². The smallest absolute Gasteiger partial charge is 0.319 e. The number of fused-ring (bicyclic) bond motifs is 5. The van der Waals surface area contributed by atoms with Crippen molar-refractivity contribution in [2.45, 2.75) is 49.2 Å². The number of pyridine rings is 1. The van der Waals surface area contributed by atoms with Gasteiger partial charge in [0, 0.05) is 54.5 Å². The van der Waals surface area contributed by atoms with Crippen LogP contribution in [0, 0.1) is 24.0 Å². The van der Waals surface area contributed by atoms with Crippen molar-refractivity contribution in [3.63, 3.8) is 0 Å². The predicted molar refractivity (Wildman–Crippen MR) is 174 cm³/mol. The first-order chi connectivity index (χ1) is 24.0. The van der Waals surface area contributed by atoms with Gasteiger partial charge in [-0.2, -0.15) is 27.5 Å². The standard InChI is InChI=1S/C36H30F6N6O2/c1-2-23-26(37)5-4-19-10-22(49)11-24(28(19)23)30-29(40)31-25(14-43-30)33(47-16-21-6-8-35(17-47,46-21)13-27(38)39)45-34(44-31)50-18-36-7-3-9-48(36)15-20(12-36)32(41)42/h1,4-5,10-11,13-14,21,46,49H,3,6-9,12,15-18H2/t21-,35-,36-/m1/s1. The van der Waals surface area contributed by atoms with Gasteiger partial charge in [0.15, 0.2) is 5.82 Å². The minimum absolute atomic E-state index is 0.0243. The highest BCUT2D eigenvalue weighted by atomic mass is 19.3. The molecule has 2 bridgehead atoms. The van der Waals surface area contributed by atoms with Gasteiger partial charge in [0.05, 0.1) is 22.0 Å². The molecule has 4 aromatic rings. The molecule has 0 spiro atoms. The van der Waals surface area contributed by atoms with Gasteiger partial charge in [0.25, 0.3) is 12.2 Å². The number of benzene rings is 2. The number of hydrogen-bond acceptors (Lipinski definition) is 8. The average molecular weight is 693 g/mol. The van der Waals surface area contributed by atoms with Crippen LogP contribution in [-0.2, 0) is 0 Å². The Morgan fingerprint density at radius 3 is 2.78 bits per heavy atom. The van der Waals surface area contributed by atoms with Crippen LogP contribution in [0.1, 0.15) is 37.7 Å². The highest BCUT2D eigenvalue weighted by Gasteiger charge is 2.49. The summed E-state index contributed by atoms with van der Waals surface area (Å²) in [5.74, 6) is 0.620. The molecule has 2 aromatic heterocycles. The zero-order valence-electron chi connectivity index (χ0n) is 26.5. The van der Waals surface area contributed by atoms with Gasteiger partial charge in [0.2, 0.25) is 0 Å². The molecular formula is C36H30F6N6O2. The van der Waals surface area contributed by atoms with Crippen LogP contribution < -0.4 is 15.0 Å². The molecule has 14 heteroatoms. The Morgan fingerprint density at radius 2 is 2.00 bits per heavy atom. The van der Waals surface area contributed by atoms with Gasteiger partial charge in [-0.1, -0.05) is 12.0 Å². The summed E-state index contributed by atoms with van der Waals surface area (Å²) in [6.07, 6.45) is 6.94. The van der Waals surface area contributed by atoms with Crippen molar-refractivity contribution >= 4 is 27.5 Å². The van der Waals surface area contributed by atoms with Gasteiger partial charge >= 0.3 is 6.01 Å². The fourth-order valence-corrected chi connectivity index (χ4v) is 8.38. The fourth-order valence-electron chi connectivity index (χ4n) is 8.38. The number of aromatic nitrogens is 3. The summed E-state index contributed by atoms with van der Waals surface area (Å²) >= 11 is 0. The molecule has 258 valence electrons. The quantitative estimate of drug-likeness (QED) is 0.171. The van der Waals surface area contributed by atoms with Crippen LogP contribution >= 0.6 is 0 Å². The lowest BCUT2D eigenvalue weighted by Gasteiger charge is -2.40. The van der Waals surface area contributed by atoms with E-state index < -0.39 is 34.9 Å². The Kier molecular flexibility index (Phi) is 7.68. The lowest BCUT2D eigenvalue weighted by Crippen LogP contribution is -2.59. The van der Waals surface area contributed by atoms with E-state index in [1.165, 1.54) is 24.4 Å². The van der Waals surface area contributed by atoms with Gasteiger partial charge < -0.3 is 20.1 Å². The molecule has 2 N–H and O–H groups in total. The molecule has 0 saturated carbocycles. The Bertz CT molecular complexity index is 2180. The molecule has 0 amide bonds. The van der Waals surface area contributed by atoms with Crippen LogP contribution in [0.5, 0.6) is 11.8 Å². The maximum atomic E-state index is 16.9. The highest BCUT2D eigenvalue weighted by molar-refractivity contribution is 6.03. The van der Waals surface area contributed by atoms with Gasteiger partial charge in [-0.3, -0.25) is 9.88 Å². The number of ether oxygens (including phenoxy) is 1. The van der Waals surface area contributed by atoms with E-state index in [0.29, 0.717) is 37.7 Å². The van der Waals surface area contributed by atoms with Gasteiger partial charge in [-0.05, 0) is 62.2 Å². The normalized spacial score (nSPS) is 24.5. The largest absolute Gasteiger partial charge is 0.508 e. The summed E-state index contributed by atoms with van der Waals surface area (Å²) in [4.78, 5) is 17.2. The molecule has 4 saturated heterocycles. The Hall–Kier alpha value is -4.87. The number of phenols is 1. The van der Waals surface area contributed by atoms with Crippen molar-refractivity contribution in [2.75, 3.05) is 37.7 Å². The second-order valence-electron chi connectivity index (χ2n) is 13.6. The number of halogens is 6. The highest BCUT2D eigenvalue weighted by Crippen LogP contribution is 2.44. The average Bonchev–Trinajstić information content (AvgIpc) is 3.73. The topological polar surface area (TPSA) is 86.6 Å². The van der Waals surface area contributed by atoms with Crippen molar-refractivity contribution in [1.82, 2.24) is 25.2 Å². The molecule has 6 heterocycles. The summed E-state index contributed by atoms with van der Waals surface area (Å²) in [5.41, 5.74) is -2.33. The van der Waals surface area contributed by atoms with Crippen LogP contribution in [0.15, 0.2) is 54.3 Å². The van der Waals surface area contributed by atoms with E-state index in [-0.39, 0.29) is 88.4 Å². The third kappa shape index (κ3) is 5.30. The lowest BCUT2D eigenvalue weighted by atomic mass is 9.94. The van der Waals surface area contributed by atoms with Crippen molar-refractivity contribution in [2.24, 2.45) is 0 Å². The SMILES string of the molecule is C#Cc1c(F)ccc2cc(O)cc(-c3ncc4c(N5C[C@H]6CC[C@@](C=C(F)F)(C5)N6)nc(OC[C@]56CCCN5CC(=C(F)F)C6)nc4c3F)c12. The fraction of sp³-hybridized carbons (Fsp3) is 0.361. The zero-order chi connectivity index (χ0) is 34.9. The summed E-state index contributed by atoms with van der Waals surface area (Å²) in [6.45, 7) is 1.15. The zero-order valence-corrected chi connectivity index (χ0v) is 26.5. The Balaban J connectivity index is 1.28. The number of phenolic OH excluding ortho intramolecular Hbond substituents is 1. The summed E-state index contributed by atoms with van der Waals surface area (Å²) in [7, 11) is 0. The van der Waals surface area contributed by atoms with Crippen molar-refractivity contribution in [3.05, 3.63) is 71.5 Å². The molecule has 3 atom stereocenters. The second-order valence-corrected chi connectivity index (χ2v) is 13.6. The number of nitrogens with zero attached hydrogens (tertiary/aromatic N) is 5. The van der Waals surface area contributed by atoms with Crippen molar-refractivity contribution in [1.29, 1.82) is 0 Å². The van der Waals surface area contributed by atoms with Crippen LogP contribution in [0.25, 0.3) is 32.9 Å². The van der Waals surface area contributed by atoms with Gasteiger partial charge in [0.1, 0.15) is 35.2 Å². The minimum Gasteiger partial charge on any atom is -0.508 e. The molecule has 50 heavy (non-hydrogen) atoms. The number of piperazine rings is 1. The molecular weight excluding hydrogens is 662 g/mol. The van der Waals surface area contributed by atoms with E-state index in [1.54, 1.807) is 4.90 Å². The molecule has 8 nitrogen and oxygen atoms in total. The van der Waals surface area contributed by atoms with E-state index in [2.05, 4.69) is 26.2 Å². The van der Waals surface area contributed by atoms with Crippen molar-refractivity contribution in [3.8, 4) is 35.4 Å². The monoisotopic (exact) mass is 692 g/mol. The predicted octanol–water partition coefficient (Wildman–Crippen LogP) is 6.67. The molecule has 4 aliphatic rings. The number of aromatic hydroxyl groups is 1. The second kappa shape index (κ2) is 11.9. The van der Waals surface area contributed by atoms with E-state index in [0.717, 1.165) is 18.6 Å². The number of terminal acetylenes is 1. The van der Waals surface area contributed by atoms with E-state index >= 15 is 4.39 Å². The first-order valence-electron chi connectivity index (χ1n) is 16.2. The number of hydrogen-bond donors (Lipinski definition) is 2. The molecule has 0 aliphatic carbocycles. The van der Waals surface area contributed by atoms with Crippen LogP contribution in [0.2, 0.25) is 0 Å². The molecule has 0 radical (unpaired) electrons. The van der Waals surface area contributed by atoms with Crippen molar-refractivity contribution < 1.29 is 36.2 Å². The van der Waals surface area contributed by atoms with Crippen LogP contribution in [-0.4, -0.2) is 74.9 Å². The van der Waals surface area contributed by atoms with Crippen LogP contribution in [0.4, 0.5) is 32.2 Å². The minimum atomic E-state index is -1.83. The van der Waals surface area contributed by atoms with Gasteiger partial charge in [-0.25, -0.2) is 8.78 Å².